The normalized spacial score (nSPS) is 10.9. The van der Waals surface area contributed by atoms with E-state index < -0.39 is 11.1 Å². The van der Waals surface area contributed by atoms with Gasteiger partial charge in [0, 0.05) is 0 Å². The predicted octanol–water partition coefficient (Wildman–Crippen LogP) is -0.861. The van der Waals surface area contributed by atoms with Gasteiger partial charge in [-0.25, -0.2) is 10.1 Å². The van der Waals surface area contributed by atoms with Crippen molar-refractivity contribution in [3.63, 3.8) is 0 Å². The van der Waals surface area contributed by atoms with E-state index >= 15 is 0 Å². The SMILES string of the molecule is CO/C(N)=N\[N+](=O)[O-]. The highest BCUT2D eigenvalue weighted by atomic mass is 16.7. The van der Waals surface area contributed by atoms with E-state index in [0.717, 1.165) is 0 Å². The van der Waals surface area contributed by atoms with E-state index in [1.807, 2.05) is 0 Å². The number of amidine groups is 1. The van der Waals surface area contributed by atoms with Gasteiger partial charge in [-0.2, -0.15) is 0 Å². The summed E-state index contributed by atoms with van der Waals surface area (Å²) in [7, 11) is 1.20. The molecule has 0 atom stereocenters. The lowest BCUT2D eigenvalue weighted by Gasteiger charge is -1.87. The van der Waals surface area contributed by atoms with Crippen LogP contribution in [-0.4, -0.2) is 18.2 Å². The van der Waals surface area contributed by atoms with E-state index in [-0.39, 0.29) is 0 Å². The van der Waals surface area contributed by atoms with Crippen LogP contribution in [0.4, 0.5) is 0 Å². The smallest absolute Gasteiger partial charge is 0.356 e. The molecule has 0 amide bonds. The Labute approximate surface area is 45.1 Å². The van der Waals surface area contributed by atoms with Crippen molar-refractivity contribution in [1.29, 1.82) is 0 Å². The second-order valence-corrected chi connectivity index (χ2v) is 0.880. The molecule has 0 unspecified atom stereocenters. The zero-order chi connectivity index (χ0) is 6.57. The molecule has 0 aromatic rings. The van der Waals surface area contributed by atoms with E-state index in [9.17, 15) is 10.1 Å². The van der Waals surface area contributed by atoms with Gasteiger partial charge in [0.15, 0.2) is 5.03 Å². The van der Waals surface area contributed by atoms with Crippen molar-refractivity contribution < 1.29 is 9.77 Å². The standard InChI is InChI=1S/C2H5N3O3/c1-8-2(3)4-5(6)7/h1H3,(H2,3,4). The van der Waals surface area contributed by atoms with E-state index in [2.05, 4.69) is 9.84 Å². The third-order valence-corrected chi connectivity index (χ3v) is 0.389. The first kappa shape index (κ1) is 6.67. The third kappa shape index (κ3) is 2.88. The third-order valence-electron chi connectivity index (χ3n) is 0.389. The van der Waals surface area contributed by atoms with E-state index in [0.29, 0.717) is 0 Å². The zero-order valence-corrected chi connectivity index (χ0v) is 4.20. The lowest BCUT2D eigenvalue weighted by Crippen LogP contribution is -2.15. The molecule has 0 aliphatic heterocycles. The predicted molar refractivity (Wildman–Crippen MR) is 25.6 cm³/mol. The van der Waals surface area contributed by atoms with Gasteiger partial charge in [0.25, 0.3) is 0 Å². The van der Waals surface area contributed by atoms with Gasteiger partial charge in [0.05, 0.1) is 7.11 Å². The molecule has 0 aliphatic rings. The second-order valence-electron chi connectivity index (χ2n) is 0.880. The summed E-state index contributed by atoms with van der Waals surface area (Å²) in [6.45, 7) is 0. The van der Waals surface area contributed by atoms with Gasteiger partial charge in [-0.15, -0.1) is 0 Å². The molecule has 0 saturated carbocycles. The fourth-order valence-corrected chi connectivity index (χ4v) is 0.121. The Morgan fingerprint density at radius 1 is 2.00 bits per heavy atom. The number of hydrogen-bond acceptors (Lipinski definition) is 3. The highest BCUT2D eigenvalue weighted by Gasteiger charge is 1.93. The van der Waals surface area contributed by atoms with Crippen LogP contribution < -0.4 is 5.73 Å². The first-order chi connectivity index (χ1) is 3.66. The first-order valence-corrected chi connectivity index (χ1v) is 1.69. The van der Waals surface area contributed by atoms with Crippen LogP contribution in [0.3, 0.4) is 0 Å². The minimum absolute atomic E-state index is 0.449. The van der Waals surface area contributed by atoms with E-state index in [1.165, 1.54) is 7.11 Å². The number of rotatable bonds is 1. The lowest BCUT2D eigenvalue weighted by atomic mass is 11.2. The molecule has 6 nitrogen and oxygen atoms in total. The Balaban J connectivity index is 3.75. The summed E-state index contributed by atoms with van der Waals surface area (Å²) in [4.78, 5) is 9.43. The quantitative estimate of drug-likeness (QED) is 0.210. The maximum atomic E-state index is 9.43. The van der Waals surface area contributed by atoms with Gasteiger partial charge in [0.2, 0.25) is 0 Å². The van der Waals surface area contributed by atoms with Crippen LogP contribution in [0.5, 0.6) is 0 Å². The molecule has 0 heterocycles. The largest absolute Gasteiger partial charge is 0.465 e. The van der Waals surface area contributed by atoms with Crippen LogP contribution in [0.25, 0.3) is 0 Å². The van der Waals surface area contributed by atoms with Crippen molar-refractivity contribution in [3.8, 4) is 0 Å². The molecule has 46 valence electrons. The van der Waals surface area contributed by atoms with Gasteiger partial charge >= 0.3 is 6.02 Å². The van der Waals surface area contributed by atoms with Crippen molar-refractivity contribution in [1.82, 2.24) is 0 Å². The molecule has 0 aromatic carbocycles. The number of nitrogens with two attached hydrogens (primary N) is 1. The maximum absolute atomic E-state index is 9.43. The first-order valence-electron chi connectivity index (χ1n) is 1.69. The fraction of sp³-hybridized carbons (Fsp3) is 0.500. The molecular formula is C2H5N3O3. The average Bonchev–Trinajstić information content (AvgIpc) is 1.65. The highest BCUT2D eigenvalue weighted by molar-refractivity contribution is 5.70. The maximum Gasteiger partial charge on any atom is 0.356 e. The van der Waals surface area contributed by atoms with Crippen LogP contribution >= 0.6 is 0 Å². The molecular weight excluding hydrogens is 114 g/mol. The van der Waals surface area contributed by atoms with Crippen LogP contribution in [0.1, 0.15) is 0 Å². The number of hydrazone groups is 1. The molecule has 0 saturated heterocycles. The second kappa shape index (κ2) is 2.78. The summed E-state index contributed by atoms with van der Waals surface area (Å²) in [6.07, 6.45) is 0. The summed E-state index contributed by atoms with van der Waals surface area (Å²) in [5, 5.41) is 11.1. The summed E-state index contributed by atoms with van der Waals surface area (Å²) in [5.41, 5.74) is 4.76. The molecule has 0 aliphatic carbocycles. The Kier molecular flexibility index (Phi) is 2.32. The van der Waals surface area contributed by atoms with Crippen molar-refractivity contribution in [3.05, 3.63) is 10.1 Å². The number of nitro groups is 1. The lowest BCUT2D eigenvalue weighted by molar-refractivity contribution is -0.486. The summed E-state index contributed by atoms with van der Waals surface area (Å²) >= 11 is 0. The Morgan fingerprint density at radius 3 is 2.62 bits per heavy atom. The molecule has 0 radical (unpaired) electrons. The number of nitrogens with zero attached hydrogens (tertiary/aromatic N) is 2. The summed E-state index contributed by atoms with van der Waals surface area (Å²) in [5.74, 6) is 0. The molecule has 6 heteroatoms. The number of methoxy groups -OCH3 is 1. The van der Waals surface area contributed by atoms with Crippen molar-refractivity contribution in [2.24, 2.45) is 10.8 Å². The van der Waals surface area contributed by atoms with Gasteiger partial charge in [-0.05, 0) is 0 Å². The molecule has 0 spiro atoms. The molecule has 2 N–H and O–H groups in total. The van der Waals surface area contributed by atoms with Gasteiger partial charge in [-0.3, -0.25) is 0 Å². The molecule has 8 heavy (non-hydrogen) atoms. The van der Waals surface area contributed by atoms with Crippen molar-refractivity contribution >= 4 is 6.02 Å². The van der Waals surface area contributed by atoms with Crippen LogP contribution in [0.2, 0.25) is 0 Å². The van der Waals surface area contributed by atoms with Crippen molar-refractivity contribution in [2.75, 3.05) is 7.11 Å². The van der Waals surface area contributed by atoms with Gasteiger partial charge < -0.3 is 10.5 Å². The Morgan fingerprint density at radius 2 is 2.50 bits per heavy atom. The van der Waals surface area contributed by atoms with Crippen LogP contribution in [-0.2, 0) is 4.74 Å². The summed E-state index contributed by atoms with van der Waals surface area (Å²) in [6, 6.07) is -0.449. The zero-order valence-electron chi connectivity index (χ0n) is 4.20. The number of hydrogen-bond donors (Lipinski definition) is 1. The minimum atomic E-state index is -0.932. The van der Waals surface area contributed by atoms with Crippen LogP contribution in [0, 0.1) is 10.1 Å². The molecule has 0 fully saturated rings. The van der Waals surface area contributed by atoms with E-state index in [4.69, 9.17) is 5.73 Å². The average molecular weight is 119 g/mol. The van der Waals surface area contributed by atoms with E-state index in [1.54, 1.807) is 0 Å². The Bertz CT molecular complexity index is 120. The Hall–Kier alpha value is -1.33. The monoisotopic (exact) mass is 119 g/mol. The summed E-state index contributed by atoms with van der Waals surface area (Å²) < 4.78 is 4.15. The highest BCUT2D eigenvalue weighted by Crippen LogP contribution is 1.70. The number of ether oxygens (including phenoxy) is 1. The van der Waals surface area contributed by atoms with Gasteiger partial charge in [-0.1, -0.05) is 0 Å². The van der Waals surface area contributed by atoms with Gasteiger partial charge in [0.1, 0.15) is 5.10 Å². The minimum Gasteiger partial charge on any atom is -0.465 e. The fourth-order valence-electron chi connectivity index (χ4n) is 0.121. The van der Waals surface area contributed by atoms with Crippen LogP contribution in [0.15, 0.2) is 5.10 Å². The molecule has 0 aromatic heterocycles. The molecule has 0 bridgehead atoms. The molecule has 0 rings (SSSR count). The topological polar surface area (TPSA) is 90.8 Å². The van der Waals surface area contributed by atoms with Crippen molar-refractivity contribution in [2.45, 2.75) is 0 Å².